The SMILES string of the molecule is CN=C(NCCc1c(C)noc1C)N1CCN(c2cccc(OC)c2)CC1. The van der Waals surface area contributed by atoms with Gasteiger partial charge in [-0.15, -0.1) is 0 Å². The summed E-state index contributed by atoms with van der Waals surface area (Å²) in [7, 11) is 3.54. The lowest BCUT2D eigenvalue weighted by molar-refractivity contribution is 0.372. The minimum atomic E-state index is 0.811. The summed E-state index contributed by atoms with van der Waals surface area (Å²) in [4.78, 5) is 9.15. The molecule has 1 saturated heterocycles. The summed E-state index contributed by atoms with van der Waals surface area (Å²) in [5.41, 5.74) is 3.35. The fourth-order valence-corrected chi connectivity index (χ4v) is 3.47. The van der Waals surface area contributed by atoms with Gasteiger partial charge in [-0.3, -0.25) is 4.99 Å². The number of ether oxygens (including phenoxy) is 1. The molecule has 1 aromatic heterocycles. The lowest BCUT2D eigenvalue weighted by Crippen LogP contribution is -2.52. The molecule has 2 aromatic rings. The molecule has 0 aliphatic carbocycles. The normalized spacial score (nSPS) is 15.2. The summed E-state index contributed by atoms with van der Waals surface area (Å²) in [5, 5.41) is 7.49. The number of piperazine rings is 1. The van der Waals surface area contributed by atoms with Gasteiger partial charge in [0.1, 0.15) is 11.5 Å². The van der Waals surface area contributed by atoms with E-state index in [1.54, 1.807) is 7.11 Å². The molecule has 7 heteroatoms. The van der Waals surface area contributed by atoms with Gasteiger partial charge in [0, 0.05) is 57.1 Å². The number of nitrogens with one attached hydrogen (secondary N) is 1. The third-order valence-corrected chi connectivity index (χ3v) is 5.05. The van der Waals surface area contributed by atoms with Crippen LogP contribution in [0.5, 0.6) is 5.75 Å². The molecule has 0 spiro atoms. The highest BCUT2D eigenvalue weighted by atomic mass is 16.5. The summed E-state index contributed by atoms with van der Waals surface area (Å²) < 4.78 is 10.6. The molecule has 1 N–H and O–H groups in total. The molecular weight excluding hydrogens is 342 g/mol. The standard InChI is InChI=1S/C20H29N5O2/c1-15-19(16(2)27-23-15)8-9-22-20(21-3)25-12-10-24(11-13-25)17-6-5-7-18(14-17)26-4/h5-7,14H,8-13H2,1-4H3,(H,21,22). The fraction of sp³-hybridized carbons (Fsp3) is 0.500. The van der Waals surface area contributed by atoms with Crippen LogP contribution >= 0.6 is 0 Å². The van der Waals surface area contributed by atoms with Gasteiger partial charge in [0.2, 0.25) is 0 Å². The molecule has 0 unspecified atom stereocenters. The van der Waals surface area contributed by atoms with E-state index in [2.05, 4.69) is 37.4 Å². The molecule has 0 atom stereocenters. The highest BCUT2D eigenvalue weighted by molar-refractivity contribution is 5.80. The second-order valence-electron chi connectivity index (χ2n) is 6.70. The lowest BCUT2D eigenvalue weighted by atomic mass is 10.1. The maximum atomic E-state index is 5.34. The van der Waals surface area contributed by atoms with Gasteiger partial charge in [-0.05, 0) is 32.4 Å². The van der Waals surface area contributed by atoms with Gasteiger partial charge in [0.25, 0.3) is 0 Å². The molecule has 0 saturated carbocycles. The molecule has 0 bridgehead atoms. The minimum Gasteiger partial charge on any atom is -0.497 e. The Hall–Kier alpha value is -2.70. The number of aryl methyl sites for hydroxylation is 2. The van der Waals surface area contributed by atoms with Crippen molar-refractivity contribution < 1.29 is 9.26 Å². The van der Waals surface area contributed by atoms with Crippen LogP contribution in [0, 0.1) is 13.8 Å². The molecule has 1 fully saturated rings. The number of methoxy groups -OCH3 is 1. The van der Waals surface area contributed by atoms with Crippen molar-refractivity contribution in [1.29, 1.82) is 0 Å². The first-order valence-corrected chi connectivity index (χ1v) is 9.38. The molecule has 27 heavy (non-hydrogen) atoms. The first kappa shape index (κ1) is 19.1. The Bertz CT molecular complexity index is 759. The summed E-state index contributed by atoms with van der Waals surface area (Å²) in [6.45, 7) is 8.53. The zero-order valence-electron chi connectivity index (χ0n) is 16.7. The van der Waals surface area contributed by atoms with E-state index < -0.39 is 0 Å². The summed E-state index contributed by atoms with van der Waals surface area (Å²) in [6.07, 6.45) is 0.879. The molecule has 1 aliphatic rings. The van der Waals surface area contributed by atoms with Crippen LogP contribution in [0.3, 0.4) is 0 Å². The summed E-state index contributed by atoms with van der Waals surface area (Å²) >= 11 is 0. The van der Waals surface area contributed by atoms with Crippen molar-refractivity contribution in [3.63, 3.8) is 0 Å². The Labute approximate surface area is 161 Å². The Morgan fingerprint density at radius 1 is 1.26 bits per heavy atom. The van der Waals surface area contributed by atoms with Crippen LogP contribution < -0.4 is 15.0 Å². The van der Waals surface area contributed by atoms with Gasteiger partial charge < -0.3 is 24.4 Å². The van der Waals surface area contributed by atoms with E-state index in [1.165, 1.54) is 11.3 Å². The summed E-state index contributed by atoms with van der Waals surface area (Å²) in [6, 6.07) is 8.24. The van der Waals surface area contributed by atoms with Crippen molar-refractivity contribution in [2.75, 3.05) is 51.8 Å². The number of aliphatic imine (C=N–C) groups is 1. The number of nitrogens with zero attached hydrogens (tertiary/aromatic N) is 4. The molecule has 146 valence electrons. The average Bonchev–Trinajstić information content (AvgIpc) is 3.03. The van der Waals surface area contributed by atoms with Crippen molar-refractivity contribution >= 4 is 11.6 Å². The Morgan fingerprint density at radius 3 is 2.67 bits per heavy atom. The molecule has 1 aliphatic heterocycles. The van der Waals surface area contributed by atoms with Crippen LogP contribution in [0.4, 0.5) is 5.69 Å². The highest BCUT2D eigenvalue weighted by Gasteiger charge is 2.20. The van der Waals surface area contributed by atoms with E-state index in [1.807, 2.05) is 33.0 Å². The van der Waals surface area contributed by atoms with E-state index in [0.29, 0.717) is 0 Å². The van der Waals surface area contributed by atoms with E-state index in [-0.39, 0.29) is 0 Å². The van der Waals surface area contributed by atoms with Gasteiger partial charge in [0.05, 0.1) is 12.8 Å². The van der Waals surface area contributed by atoms with Crippen LogP contribution in [-0.4, -0.2) is 62.9 Å². The minimum absolute atomic E-state index is 0.811. The lowest BCUT2D eigenvalue weighted by Gasteiger charge is -2.37. The highest BCUT2D eigenvalue weighted by Crippen LogP contribution is 2.22. The Morgan fingerprint density at radius 2 is 2.04 bits per heavy atom. The summed E-state index contributed by atoms with van der Waals surface area (Å²) in [5.74, 6) is 2.75. The topological polar surface area (TPSA) is 66.1 Å². The number of benzene rings is 1. The predicted molar refractivity (Wildman–Crippen MR) is 108 cm³/mol. The number of anilines is 1. The molecule has 7 nitrogen and oxygen atoms in total. The van der Waals surface area contributed by atoms with Crippen molar-refractivity contribution in [3.8, 4) is 5.75 Å². The van der Waals surface area contributed by atoms with Gasteiger partial charge in [-0.2, -0.15) is 0 Å². The van der Waals surface area contributed by atoms with E-state index >= 15 is 0 Å². The molecule has 1 aromatic carbocycles. The fourth-order valence-electron chi connectivity index (χ4n) is 3.47. The van der Waals surface area contributed by atoms with Crippen LogP contribution in [0.2, 0.25) is 0 Å². The zero-order valence-corrected chi connectivity index (χ0v) is 16.7. The van der Waals surface area contributed by atoms with Gasteiger partial charge in [-0.25, -0.2) is 0 Å². The third kappa shape index (κ3) is 4.53. The van der Waals surface area contributed by atoms with Crippen molar-refractivity contribution in [2.24, 2.45) is 4.99 Å². The first-order chi connectivity index (χ1) is 13.1. The molecule has 2 heterocycles. The van der Waals surface area contributed by atoms with Crippen LogP contribution in [-0.2, 0) is 6.42 Å². The van der Waals surface area contributed by atoms with Crippen molar-refractivity contribution in [3.05, 3.63) is 41.3 Å². The van der Waals surface area contributed by atoms with Crippen LogP contribution in [0.25, 0.3) is 0 Å². The monoisotopic (exact) mass is 371 g/mol. The zero-order chi connectivity index (χ0) is 19.2. The quantitative estimate of drug-likeness (QED) is 0.642. The van der Waals surface area contributed by atoms with Crippen molar-refractivity contribution in [2.45, 2.75) is 20.3 Å². The van der Waals surface area contributed by atoms with Crippen LogP contribution in [0.1, 0.15) is 17.0 Å². The number of aromatic nitrogens is 1. The third-order valence-electron chi connectivity index (χ3n) is 5.05. The van der Waals surface area contributed by atoms with Gasteiger partial charge in [0.15, 0.2) is 5.96 Å². The average molecular weight is 371 g/mol. The second kappa shape index (κ2) is 8.79. The van der Waals surface area contributed by atoms with E-state index in [4.69, 9.17) is 9.26 Å². The van der Waals surface area contributed by atoms with E-state index in [9.17, 15) is 0 Å². The molecule has 0 radical (unpaired) electrons. The molecule has 3 rings (SSSR count). The van der Waals surface area contributed by atoms with E-state index in [0.717, 1.165) is 62.3 Å². The Balaban J connectivity index is 1.51. The number of hydrogen-bond acceptors (Lipinski definition) is 5. The number of rotatable bonds is 5. The smallest absolute Gasteiger partial charge is 0.193 e. The molecular formula is C20H29N5O2. The van der Waals surface area contributed by atoms with Crippen LogP contribution in [0.15, 0.2) is 33.8 Å². The molecule has 0 amide bonds. The number of guanidine groups is 1. The predicted octanol–water partition coefficient (Wildman–Crippen LogP) is 2.24. The number of hydrogen-bond donors (Lipinski definition) is 1. The maximum absolute atomic E-state index is 5.34. The first-order valence-electron chi connectivity index (χ1n) is 9.38. The second-order valence-corrected chi connectivity index (χ2v) is 6.70. The van der Waals surface area contributed by atoms with Gasteiger partial charge in [-0.1, -0.05) is 11.2 Å². The van der Waals surface area contributed by atoms with Crippen molar-refractivity contribution in [1.82, 2.24) is 15.4 Å². The largest absolute Gasteiger partial charge is 0.497 e. The maximum Gasteiger partial charge on any atom is 0.193 e. The Kier molecular flexibility index (Phi) is 6.21. The van der Waals surface area contributed by atoms with Gasteiger partial charge >= 0.3 is 0 Å².